The first-order valence-corrected chi connectivity index (χ1v) is 22.7. The molecule has 5 rings (SSSR count). The van der Waals surface area contributed by atoms with Crippen LogP contribution in [0.4, 0.5) is 0 Å². The van der Waals surface area contributed by atoms with Gasteiger partial charge < -0.3 is 25.3 Å². The highest BCUT2D eigenvalue weighted by atomic mass is 35.5. The Hall–Kier alpha value is -4.32. The molecular weight excluding hydrogens is 756 g/mol. The van der Waals surface area contributed by atoms with Gasteiger partial charge in [0.1, 0.15) is 29.8 Å². The molecule has 2 fully saturated rings. The number of halogens is 1. The summed E-state index contributed by atoms with van der Waals surface area (Å²) in [6.45, 7) is 12.2. The first-order valence-electron chi connectivity index (χ1n) is 20.4. The fourth-order valence-corrected chi connectivity index (χ4v) is 12.9. The van der Waals surface area contributed by atoms with E-state index >= 15 is 0 Å². The van der Waals surface area contributed by atoms with E-state index in [4.69, 9.17) is 16.0 Å². The number of hydrogen-bond donors (Lipinski definition) is 3. The summed E-state index contributed by atoms with van der Waals surface area (Å²) in [7, 11) is -2.91. The Morgan fingerprint density at radius 2 is 1.49 bits per heavy atom. The van der Waals surface area contributed by atoms with Gasteiger partial charge in [-0.15, -0.1) is 0 Å². The molecule has 2 saturated heterocycles. The van der Waals surface area contributed by atoms with E-state index in [0.29, 0.717) is 56.5 Å². The van der Waals surface area contributed by atoms with E-state index in [1.165, 1.54) is 4.90 Å². The third-order valence-electron chi connectivity index (χ3n) is 11.7. The highest BCUT2D eigenvalue weighted by Gasteiger charge is 2.51. The Balaban J connectivity index is 1.25. The molecule has 12 heteroatoms. The van der Waals surface area contributed by atoms with E-state index in [1.54, 1.807) is 38.1 Å². The molecular formula is C45H59ClN4O6Si. The SMILES string of the molecule is CC[C@]1(C)NC(=O)[C@H](CCCCCC(=O)[C@H](C)O[Si](c2ccccc2)(c2ccccc2)C(C)(C)C)NC(=O)[C@H]2CCCN2C(=O)[C@H](Cc2ccc(Cl)cc2)NC1=O. The Morgan fingerprint density at radius 3 is 2.07 bits per heavy atom. The summed E-state index contributed by atoms with van der Waals surface area (Å²) >= 11 is 6.09. The topological polar surface area (TPSA) is 134 Å². The standard InChI is InChI=1S/C45H59ClN4O6Si/c1-7-45(6)43(55)48-37(30-32-25-27-33(46)28-26-32)42(54)50-29-17-23-38(50)41(53)47-36(40(52)49-45)22-15-10-16-24-39(51)31(2)56-57(44(3,4)5,34-18-11-8-12-19-34)35-20-13-9-14-21-35/h8-9,11-14,18-21,25-28,31,36-38H,7,10,15-17,22-24,29-30H2,1-6H3,(H,47,53)(H,48,55)(H,49,52)/t31-,36-,37-,38+,45-/m0/s1. The molecule has 10 nitrogen and oxygen atoms in total. The normalized spacial score (nSPS) is 22.7. The smallest absolute Gasteiger partial charge is 0.262 e. The second kappa shape index (κ2) is 19.0. The number of hydrogen-bond acceptors (Lipinski definition) is 6. The van der Waals surface area contributed by atoms with Crippen molar-refractivity contribution < 1.29 is 28.4 Å². The average molecular weight is 816 g/mol. The van der Waals surface area contributed by atoms with E-state index in [9.17, 15) is 24.0 Å². The molecule has 3 aromatic rings. The maximum atomic E-state index is 14.1. The zero-order valence-corrected chi connectivity index (χ0v) is 36.0. The molecule has 2 heterocycles. The van der Waals surface area contributed by atoms with Gasteiger partial charge in [0.15, 0.2) is 5.78 Å². The average Bonchev–Trinajstić information content (AvgIpc) is 3.69. The Morgan fingerprint density at radius 1 is 0.877 bits per heavy atom. The largest absolute Gasteiger partial charge is 0.398 e. The van der Waals surface area contributed by atoms with E-state index in [2.05, 4.69) is 61.0 Å². The molecule has 0 radical (unpaired) electrons. The predicted molar refractivity (Wildman–Crippen MR) is 227 cm³/mol. The van der Waals surface area contributed by atoms with Crippen LogP contribution >= 0.6 is 11.6 Å². The van der Waals surface area contributed by atoms with Crippen LogP contribution in [0.3, 0.4) is 0 Å². The Labute approximate surface area is 344 Å². The van der Waals surface area contributed by atoms with Gasteiger partial charge in [0.2, 0.25) is 23.6 Å². The van der Waals surface area contributed by atoms with Crippen molar-refractivity contribution in [1.82, 2.24) is 20.9 Å². The number of nitrogens with zero attached hydrogens (tertiary/aromatic N) is 1. The van der Waals surface area contributed by atoms with Gasteiger partial charge >= 0.3 is 0 Å². The summed E-state index contributed by atoms with van der Waals surface area (Å²) in [5, 5.41) is 11.3. The maximum Gasteiger partial charge on any atom is 0.262 e. The lowest BCUT2D eigenvalue weighted by molar-refractivity contribution is -0.144. The third-order valence-corrected chi connectivity index (χ3v) is 17.0. The van der Waals surface area contributed by atoms with Gasteiger partial charge in [0, 0.05) is 24.4 Å². The summed E-state index contributed by atoms with van der Waals surface area (Å²) in [5.41, 5.74) is -0.536. The van der Waals surface area contributed by atoms with Crippen LogP contribution in [0, 0.1) is 0 Å². The fourth-order valence-electron chi connectivity index (χ4n) is 8.13. The van der Waals surface area contributed by atoms with Crippen LogP contribution in [-0.2, 0) is 34.8 Å². The van der Waals surface area contributed by atoms with Crippen LogP contribution in [0.1, 0.15) is 98.5 Å². The molecule has 0 spiro atoms. The summed E-state index contributed by atoms with van der Waals surface area (Å²) in [4.78, 5) is 70.9. The minimum absolute atomic E-state index is 0.0186. The molecule has 306 valence electrons. The molecule has 4 amide bonds. The molecule has 57 heavy (non-hydrogen) atoms. The molecule has 0 bridgehead atoms. The monoisotopic (exact) mass is 814 g/mol. The maximum absolute atomic E-state index is 14.1. The van der Waals surface area contributed by atoms with Crippen molar-refractivity contribution in [2.75, 3.05) is 6.54 Å². The minimum Gasteiger partial charge on any atom is -0.398 e. The first-order chi connectivity index (χ1) is 27.1. The third kappa shape index (κ3) is 10.2. The fraction of sp³-hybridized carbons (Fsp3) is 0.489. The Kier molecular flexibility index (Phi) is 14.6. The van der Waals surface area contributed by atoms with Crippen LogP contribution in [0.2, 0.25) is 10.1 Å². The van der Waals surface area contributed by atoms with Crippen molar-refractivity contribution in [2.45, 2.75) is 134 Å². The van der Waals surface area contributed by atoms with E-state index in [1.807, 2.05) is 43.3 Å². The summed E-state index contributed by atoms with van der Waals surface area (Å²) in [6, 6.07) is 24.9. The molecule has 0 aromatic heterocycles. The quantitative estimate of drug-likeness (QED) is 0.143. The summed E-state index contributed by atoms with van der Waals surface area (Å²) in [5.74, 6) is -1.64. The van der Waals surface area contributed by atoms with Crippen molar-refractivity contribution in [3.63, 3.8) is 0 Å². The number of ketones is 1. The van der Waals surface area contributed by atoms with Gasteiger partial charge in [0.05, 0.1) is 0 Å². The van der Waals surface area contributed by atoms with Crippen molar-refractivity contribution in [3.05, 3.63) is 95.5 Å². The first kappa shape index (κ1) is 43.8. The number of Topliss-reactive ketones (excluding diaryl/α,β-unsaturated/α-hetero) is 1. The molecule has 3 N–H and O–H groups in total. The van der Waals surface area contributed by atoms with Gasteiger partial charge in [-0.2, -0.15) is 0 Å². The molecule has 5 atom stereocenters. The highest BCUT2D eigenvalue weighted by Crippen LogP contribution is 2.37. The molecule has 2 aliphatic rings. The van der Waals surface area contributed by atoms with E-state index in [0.717, 1.165) is 15.9 Å². The van der Waals surface area contributed by atoms with Crippen molar-refractivity contribution >= 4 is 59.7 Å². The number of amides is 4. The number of carbonyl (C=O) groups excluding carboxylic acids is 5. The van der Waals surface area contributed by atoms with Crippen LogP contribution in [-0.4, -0.2) is 78.9 Å². The van der Waals surface area contributed by atoms with E-state index < -0.39 is 49.9 Å². The van der Waals surface area contributed by atoms with Crippen molar-refractivity contribution in [1.29, 1.82) is 0 Å². The van der Waals surface area contributed by atoms with Gasteiger partial charge in [-0.25, -0.2) is 0 Å². The van der Waals surface area contributed by atoms with Gasteiger partial charge in [-0.1, -0.05) is 125 Å². The Bertz CT molecular complexity index is 1830. The molecule has 3 aromatic carbocycles. The molecule has 0 saturated carbocycles. The predicted octanol–water partition coefficient (Wildman–Crippen LogP) is 5.63. The van der Waals surface area contributed by atoms with Crippen LogP contribution < -0.4 is 26.3 Å². The molecule has 0 unspecified atom stereocenters. The van der Waals surface area contributed by atoms with Crippen molar-refractivity contribution in [3.8, 4) is 0 Å². The van der Waals surface area contributed by atoms with Crippen LogP contribution in [0.15, 0.2) is 84.9 Å². The second-order valence-corrected chi connectivity index (χ2v) is 21.5. The number of carbonyl (C=O) groups is 5. The second-order valence-electron chi connectivity index (χ2n) is 16.8. The lowest BCUT2D eigenvalue weighted by atomic mass is 9.94. The summed E-state index contributed by atoms with van der Waals surface area (Å²) < 4.78 is 7.03. The van der Waals surface area contributed by atoms with E-state index in [-0.39, 0.29) is 35.5 Å². The highest BCUT2D eigenvalue weighted by molar-refractivity contribution is 6.99. The zero-order chi connectivity index (χ0) is 41.4. The number of nitrogens with one attached hydrogen (secondary N) is 3. The lowest BCUT2D eigenvalue weighted by Gasteiger charge is -2.44. The number of fused-ring (bicyclic) bond motifs is 1. The number of rotatable bonds is 14. The number of benzene rings is 3. The lowest BCUT2D eigenvalue weighted by Crippen LogP contribution is -2.68. The minimum atomic E-state index is -2.91. The van der Waals surface area contributed by atoms with Crippen LogP contribution in [0.25, 0.3) is 0 Å². The van der Waals surface area contributed by atoms with Gasteiger partial charge in [-0.05, 0) is 79.1 Å². The van der Waals surface area contributed by atoms with Gasteiger partial charge in [0.25, 0.3) is 8.32 Å². The molecule has 0 aliphatic carbocycles. The summed E-state index contributed by atoms with van der Waals surface area (Å²) in [6.07, 6.45) is 3.32. The van der Waals surface area contributed by atoms with Gasteiger partial charge in [-0.3, -0.25) is 24.0 Å². The zero-order valence-electron chi connectivity index (χ0n) is 34.2. The van der Waals surface area contributed by atoms with Crippen LogP contribution in [0.5, 0.6) is 0 Å². The molecule has 2 aliphatic heterocycles. The number of unbranched alkanes of at least 4 members (excludes halogenated alkanes) is 2. The van der Waals surface area contributed by atoms with Crippen molar-refractivity contribution in [2.24, 2.45) is 0 Å².